The molecule has 2 aliphatic rings. The molecule has 5 nitrogen and oxygen atoms in total. The number of hydrogen-bond acceptors (Lipinski definition) is 4. The summed E-state index contributed by atoms with van der Waals surface area (Å²) < 4.78 is 136. The number of likely N-dealkylation sites (N-methyl/N-ethyl adjacent to an activating group) is 1. The number of carbonyl (C=O) groups excluding carboxylic acids is 1. The summed E-state index contributed by atoms with van der Waals surface area (Å²) in [6.45, 7) is -0.131. The first kappa shape index (κ1) is 30.2. The predicted molar refractivity (Wildman–Crippen MR) is 128 cm³/mol. The van der Waals surface area contributed by atoms with Gasteiger partial charge in [-0.25, -0.2) is 17.2 Å². The van der Waals surface area contributed by atoms with E-state index in [1.165, 1.54) is 19.0 Å². The Labute approximate surface area is 225 Å². The molecule has 0 heterocycles. The van der Waals surface area contributed by atoms with E-state index in [1.54, 1.807) is 0 Å². The third-order valence-electron chi connectivity index (χ3n) is 7.99. The largest absolute Gasteiger partial charge is 0.435 e. The Balaban J connectivity index is 1.88. The summed E-state index contributed by atoms with van der Waals surface area (Å²) in [5, 5.41) is 3.05. The van der Waals surface area contributed by atoms with Crippen molar-refractivity contribution in [2.75, 3.05) is 20.6 Å². The number of hydrogen-bond donors (Lipinski definition) is 1. The fraction of sp³-hybridized carbons (Fsp3) is 0.500. The van der Waals surface area contributed by atoms with Crippen molar-refractivity contribution in [1.29, 1.82) is 0 Å². The van der Waals surface area contributed by atoms with E-state index in [4.69, 9.17) is 0 Å². The Hall–Kier alpha value is -2.74. The van der Waals surface area contributed by atoms with E-state index in [0.29, 0.717) is 12.1 Å². The lowest BCUT2D eigenvalue weighted by molar-refractivity contribution is -0.348. The van der Waals surface area contributed by atoms with E-state index in [2.05, 4.69) is 5.32 Å². The standard InChI is InChI=1S/C26H26F8N2O3S/c1-36(2)22(37)14-35-21-11-12-23(40(38,39)18-7-5-17(27)6-8-18)19-10-4-16(13-15(19)3-9-20(21)23)24(28,25(29,30)31)26(32,33)34/h4-8,10,13,20-21,35H,3,9,11-12,14H2,1-2H3/t20-,21+,23+/m0/s1. The van der Waals surface area contributed by atoms with Crippen LogP contribution in [0.1, 0.15) is 36.0 Å². The number of fused-ring (bicyclic) bond motifs is 3. The van der Waals surface area contributed by atoms with Crippen LogP contribution in [0.15, 0.2) is 47.4 Å². The first-order chi connectivity index (χ1) is 18.4. The second kappa shape index (κ2) is 9.97. The highest BCUT2D eigenvalue weighted by Crippen LogP contribution is 2.59. The monoisotopic (exact) mass is 598 g/mol. The average Bonchev–Trinajstić information content (AvgIpc) is 3.25. The molecule has 0 spiro atoms. The van der Waals surface area contributed by atoms with Crippen molar-refractivity contribution < 1.29 is 48.3 Å². The molecule has 2 aromatic rings. The average molecular weight is 599 g/mol. The van der Waals surface area contributed by atoms with Gasteiger partial charge in [0.1, 0.15) is 10.6 Å². The molecular formula is C26H26F8N2O3S. The van der Waals surface area contributed by atoms with E-state index in [9.17, 15) is 48.3 Å². The van der Waals surface area contributed by atoms with Gasteiger partial charge in [-0.2, -0.15) is 26.3 Å². The van der Waals surface area contributed by atoms with Crippen LogP contribution in [0, 0.1) is 11.7 Å². The van der Waals surface area contributed by atoms with Crippen LogP contribution in [0.2, 0.25) is 0 Å². The molecule has 0 bridgehead atoms. The predicted octanol–water partition coefficient (Wildman–Crippen LogP) is 5.19. The lowest BCUT2D eigenvalue weighted by atomic mass is 9.74. The summed E-state index contributed by atoms with van der Waals surface area (Å²) in [6, 6.07) is 5.00. The summed E-state index contributed by atoms with van der Waals surface area (Å²) in [5.74, 6) is -1.75. The second-order valence-electron chi connectivity index (χ2n) is 10.3. The fourth-order valence-corrected chi connectivity index (χ4v) is 8.47. The molecule has 14 heteroatoms. The number of nitrogens with zero attached hydrogens (tertiary/aromatic N) is 1. The highest BCUT2D eigenvalue weighted by molar-refractivity contribution is 7.92. The van der Waals surface area contributed by atoms with Crippen LogP contribution in [0.5, 0.6) is 0 Å². The Kier molecular flexibility index (Phi) is 7.53. The zero-order valence-corrected chi connectivity index (χ0v) is 22.2. The maximum atomic E-state index is 14.9. The molecule has 1 N–H and O–H groups in total. The molecule has 3 atom stereocenters. The van der Waals surface area contributed by atoms with Gasteiger partial charge in [-0.05, 0) is 67.0 Å². The molecule has 0 saturated heterocycles. The van der Waals surface area contributed by atoms with Gasteiger partial charge < -0.3 is 10.2 Å². The number of alkyl halides is 7. The molecule has 4 rings (SSSR count). The van der Waals surface area contributed by atoms with Gasteiger partial charge in [-0.15, -0.1) is 0 Å². The summed E-state index contributed by atoms with van der Waals surface area (Å²) in [5.41, 5.74) is -7.55. The number of benzene rings is 2. The number of nitrogens with one attached hydrogen (secondary N) is 1. The summed E-state index contributed by atoms with van der Waals surface area (Å²) in [7, 11) is -1.36. The Morgan fingerprint density at radius 1 is 0.975 bits per heavy atom. The molecule has 40 heavy (non-hydrogen) atoms. The van der Waals surface area contributed by atoms with Gasteiger partial charge >= 0.3 is 18.0 Å². The number of amides is 1. The molecule has 1 fully saturated rings. The van der Waals surface area contributed by atoms with Crippen molar-refractivity contribution >= 4 is 15.7 Å². The van der Waals surface area contributed by atoms with Gasteiger partial charge in [-0.1, -0.05) is 18.2 Å². The number of halogens is 8. The number of sulfone groups is 1. The molecule has 0 aliphatic heterocycles. The zero-order valence-electron chi connectivity index (χ0n) is 21.3. The van der Waals surface area contributed by atoms with Crippen molar-refractivity contribution in [3.8, 4) is 0 Å². The highest BCUT2D eigenvalue weighted by atomic mass is 32.2. The van der Waals surface area contributed by atoms with Gasteiger partial charge in [0, 0.05) is 25.7 Å². The van der Waals surface area contributed by atoms with Crippen LogP contribution < -0.4 is 5.32 Å². The maximum Gasteiger partial charge on any atom is 0.435 e. The Morgan fingerprint density at radius 2 is 1.57 bits per heavy atom. The molecule has 2 aliphatic carbocycles. The Bertz CT molecular complexity index is 1380. The smallest absolute Gasteiger partial charge is 0.348 e. The lowest BCUT2D eigenvalue weighted by Crippen LogP contribution is -2.51. The van der Waals surface area contributed by atoms with E-state index >= 15 is 0 Å². The van der Waals surface area contributed by atoms with E-state index in [-0.39, 0.29) is 54.2 Å². The minimum atomic E-state index is -6.32. The summed E-state index contributed by atoms with van der Waals surface area (Å²) in [4.78, 5) is 13.2. The molecule has 2 aromatic carbocycles. The lowest BCUT2D eigenvalue weighted by Gasteiger charge is -2.43. The van der Waals surface area contributed by atoms with Gasteiger partial charge in [-0.3, -0.25) is 4.79 Å². The summed E-state index contributed by atoms with van der Waals surface area (Å²) >= 11 is 0. The van der Waals surface area contributed by atoms with Crippen LogP contribution in [-0.2, 0) is 31.5 Å². The summed E-state index contributed by atoms with van der Waals surface area (Å²) in [6.07, 6.45) is -12.6. The normalized spacial score (nSPS) is 23.4. The van der Waals surface area contributed by atoms with Gasteiger partial charge in [0.05, 0.1) is 11.4 Å². The minimum Gasteiger partial charge on any atom is -0.348 e. The maximum absolute atomic E-state index is 14.9. The highest BCUT2D eigenvalue weighted by Gasteiger charge is 2.73. The second-order valence-corrected chi connectivity index (χ2v) is 12.5. The first-order valence-corrected chi connectivity index (χ1v) is 13.8. The molecule has 0 unspecified atom stereocenters. The first-order valence-electron chi connectivity index (χ1n) is 12.3. The fourth-order valence-electron chi connectivity index (χ4n) is 6.00. The van der Waals surface area contributed by atoms with Crippen LogP contribution in [0.25, 0.3) is 0 Å². The van der Waals surface area contributed by atoms with Crippen LogP contribution in [-0.4, -0.2) is 58.3 Å². The van der Waals surface area contributed by atoms with Crippen molar-refractivity contribution in [1.82, 2.24) is 10.2 Å². The van der Waals surface area contributed by atoms with Gasteiger partial charge in [0.25, 0.3) is 0 Å². The third-order valence-corrected chi connectivity index (χ3v) is 10.6. The van der Waals surface area contributed by atoms with Crippen LogP contribution in [0.4, 0.5) is 35.1 Å². The number of rotatable bonds is 6. The van der Waals surface area contributed by atoms with Crippen molar-refractivity contribution in [2.24, 2.45) is 5.92 Å². The van der Waals surface area contributed by atoms with Crippen LogP contribution >= 0.6 is 0 Å². The topological polar surface area (TPSA) is 66.5 Å². The van der Waals surface area contributed by atoms with Gasteiger partial charge in [0.15, 0.2) is 9.84 Å². The molecule has 1 amide bonds. The minimum absolute atomic E-state index is 0.0159. The van der Waals surface area contributed by atoms with E-state index < -0.39 is 55.9 Å². The SMILES string of the molecule is CN(C)C(=O)CN[C@@H]1CC[C@@]2(S(=O)(=O)c3ccc(F)cc3)c3ccc(C(F)(C(F)(F)F)C(F)(F)F)cc3CC[C@@H]12. The molecule has 220 valence electrons. The molecule has 1 saturated carbocycles. The number of aryl methyl sites for hydroxylation is 1. The molecule has 0 aromatic heterocycles. The number of carbonyl (C=O) groups is 1. The zero-order chi connectivity index (χ0) is 29.9. The van der Waals surface area contributed by atoms with Gasteiger partial charge in [0.2, 0.25) is 5.91 Å². The molecule has 0 radical (unpaired) electrons. The Morgan fingerprint density at radius 3 is 2.12 bits per heavy atom. The van der Waals surface area contributed by atoms with Crippen molar-refractivity contribution in [3.63, 3.8) is 0 Å². The quantitative estimate of drug-likeness (QED) is 0.368. The van der Waals surface area contributed by atoms with E-state index in [0.717, 1.165) is 30.3 Å². The van der Waals surface area contributed by atoms with Crippen molar-refractivity contribution in [3.05, 3.63) is 65.0 Å². The van der Waals surface area contributed by atoms with Crippen LogP contribution in [0.3, 0.4) is 0 Å². The van der Waals surface area contributed by atoms with E-state index in [1.807, 2.05) is 0 Å². The molecular weight excluding hydrogens is 572 g/mol. The third kappa shape index (κ3) is 4.56. The van der Waals surface area contributed by atoms with Crippen molar-refractivity contribution in [2.45, 2.75) is 59.4 Å².